The minimum Gasteiger partial charge on any atom is -0.480 e. The molecule has 0 saturated carbocycles. The maximum atomic E-state index is 12.0. The Labute approximate surface area is 109 Å². The van der Waals surface area contributed by atoms with E-state index in [0.29, 0.717) is 12.4 Å². The lowest BCUT2D eigenvalue weighted by Crippen LogP contribution is -2.44. The minimum absolute atomic E-state index is 0.159. The summed E-state index contributed by atoms with van der Waals surface area (Å²) in [6.07, 6.45) is 2.62. The average molecular weight is 268 g/mol. The van der Waals surface area contributed by atoms with Gasteiger partial charge in [-0.3, -0.25) is 9.36 Å². The van der Waals surface area contributed by atoms with Crippen LogP contribution in [0, 0.1) is 0 Å². The Hall–Kier alpha value is -2.12. The zero-order valence-electron chi connectivity index (χ0n) is 10.6. The maximum Gasteiger partial charge on any atom is 0.346 e. The molecule has 8 nitrogen and oxygen atoms in total. The average Bonchev–Trinajstić information content (AvgIpc) is 2.65. The summed E-state index contributed by atoms with van der Waals surface area (Å²) in [7, 11) is 0. The van der Waals surface area contributed by atoms with Gasteiger partial charge in [-0.1, -0.05) is 0 Å². The molecule has 0 spiro atoms. The Morgan fingerprint density at radius 1 is 1.47 bits per heavy atom. The van der Waals surface area contributed by atoms with Crippen molar-refractivity contribution in [2.75, 3.05) is 0 Å². The quantitative estimate of drug-likeness (QED) is 0.726. The Balaban J connectivity index is 2.22. The van der Waals surface area contributed by atoms with Crippen molar-refractivity contribution < 1.29 is 14.7 Å². The summed E-state index contributed by atoms with van der Waals surface area (Å²) in [5, 5.41) is 15.4. The summed E-state index contributed by atoms with van der Waals surface area (Å²) in [4.78, 5) is 34.0. The standard InChI is InChI=1S/C11H16N4O4/c1-7(16)12-8(10(17)18)6-15-11(19)14-5-3-2-4-9(14)13-15/h8H,2-6H2,1H3,(H,12,16)(H,17,18). The third-order valence-corrected chi connectivity index (χ3v) is 3.06. The van der Waals surface area contributed by atoms with Gasteiger partial charge in [0.25, 0.3) is 0 Å². The molecule has 2 N–H and O–H groups in total. The van der Waals surface area contributed by atoms with Crippen molar-refractivity contribution in [1.29, 1.82) is 0 Å². The molecule has 1 unspecified atom stereocenters. The Kier molecular flexibility index (Phi) is 3.68. The number of carboxylic acids is 1. The van der Waals surface area contributed by atoms with Gasteiger partial charge in [0.1, 0.15) is 11.9 Å². The monoisotopic (exact) mass is 268 g/mol. The summed E-state index contributed by atoms with van der Waals surface area (Å²) in [5.41, 5.74) is -0.314. The van der Waals surface area contributed by atoms with Crippen LogP contribution < -0.4 is 11.0 Å². The predicted molar refractivity (Wildman–Crippen MR) is 64.7 cm³/mol. The van der Waals surface area contributed by atoms with Gasteiger partial charge in [-0.15, -0.1) is 0 Å². The van der Waals surface area contributed by atoms with Crippen LogP contribution in [0.2, 0.25) is 0 Å². The molecule has 2 rings (SSSR count). The molecule has 1 aromatic heterocycles. The number of carbonyl (C=O) groups excluding carboxylic acids is 1. The van der Waals surface area contributed by atoms with E-state index in [0.717, 1.165) is 23.9 Å². The third-order valence-electron chi connectivity index (χ3n) is 3.06. The second-order valence-corrected chi connectivity index (χ2v) is 4.58. The van der Waals surface area contributed by atoms with Gasteiger partial charge >= 0.3 is 11.7 Å². The highest BCUT2D eigenvalue weighted by Crippen LogP contribution is 2.09. The van der Waals surface area contributed by atoms with E-state index in [4.69, 9.17) is 5.11 Å². The molecule has 1 amide bonds. The number of aliphatic carboxylic acids is 1. The van der Waals surface area contributed by atoms with Crippen molar-refractivity contribution >= 4 is 11.9 Å². The number of fused-ring (bicyclic) bond motifs is 1. The second kappa shape index (κ2) is 5.25. The fourth-order valence-corrected chi connectivity index (χ4v) is 2.17. The number of hydrogen-bond acceptors (Lipinski definition) is 4. The fraction of sp³-hybridized carbons (Fsp3) is 0.636. The molecule has 1 aliphatic heterocycles. The van der Waals surface area contributed by atoms with Crippen LogP contribution in [0.5, 0.6) is 0 Å². The molecule has 0 aromatic carbocycles. The Morgan fingerprint density at radius 3 is 2.79 bits per heavy atom. The lowest BCUT2D eigenvalue weighted by atomic mass is 10.2. The number of carboxylic acid groups (broad SMARTS) is 1. The van der Waals surface area contributed by atoms with Gasteiger partial charge < -0.3 is 10.4 Å². The topological polar surface area (TPSA) is 106 Å². The zero-order chi connectivity index (χ0) is 14.0. The lowest BCUT2D eigenvalue weighted by Gasteiger charge is -2.12. The van der Waals surface area contributed by atoms with E-state index < -0.39 is 17.9 Å². The number of rotatable bonds is 4. The number of aryl methyl sites for hydroxylation is 1. The van der Waals surface area contributed by atoms with Gasteiger partial charge in [0.15, 0.2) is 0 Å². The number of carbonyl (C=O) groups is 2. The van der Waals surface area contributed by atoms with Crippen LogP contribution in [-0.2, 0) is 29.1 Å². The SMILES string of the molecule is CC(=O)NC(Cn1nc2n(c1=O)CCCC2)C(=O)O. The molecule has 1 aromatic rings. The predicted octanol–water partition coefficient (Wildman–Crippen LogP) is -1.03. The van der Waals surface area contributed by atoms with Gasteiger partial charge in [-0.05, 0) is 12.8 Å². The fourth-order valence-electron chi connectivity index (χ4n) is 2.17. The minimum atomic E-state index is -1.19. The number of hydrogen-bond donors (Lipinski definition) is 2. The molecule has 0 bridgehead atoms. The van der Waals surface area contributed by atoms with E-state index in [1.165, 1.54) is 6.92 Å². The van der Waals surface area contributed by atoms with Gasteiger partial charge in [0, 0.05) is 19.9 Å². The summed E-state index contributed by atoms with van der Waals surface area (Å²) in [5.74, 6) is -0.958. The van der Waals surface area contributed by atoms with Crippen molar-refractivity contribution in [3.63, 3.8) is 0 Å². The van der Waals surface area contributed by atoms with Gasteiger partial charge in [-0.25, -0.2) is 14.3 Å². The molecular weight excluding hydrogens is 252 g/mol. The van der Waals surface area contributed by atoms with E-state index >= 15 is 0 Å². The number of nitrogens with one attached hydrogen (secondary N) is 1. The molecule has 19 heavy (non-hydrogen) atoms. The normalized spacial score (nSPS) is 15.6. The van der Waals surface area contributed by atoms with Crippen LogP contribution in [0.1, 0.15) is 25.6 Å². The van der Waals surface area contributed by atoms with E-state index in [1.807, 2.05) is 0 Å². The lowest BCUT2D eigenvalue weighted by molar-refractivity contribution is -0.142. The smallest absolute Gasteiger partial charge is 0.346 e. The van der Waals surface area contributed by atoms with Crippen molar-refractivity contribution in [3.05, 3.63) is 16.3 Å². The van der Waals surface area contributed by atoms with E-state index in [-0.39, 0.29) is 12.2 Å². The summed E-state index contributed by atoms with van der Waals surface area (Å²) >= 11 is 0. The Morgan fingerprint density at radius 2 is 2.21 bits per heavy atom. The summed E-state index contributed by atoms with van der Waals surface area (Å²) < 4.78 is 2.69. The molecule has 0 fully saturated rings. The first-order valence-electron chi connectivity index (χ1n) is 6.15. The Bertz CT molecular complexity index is 560. The van der Waals surface area contributed by atoms with Gasteiger partial charge in [0.05, 0.1) is 6.54 Å². The molecule has 0 aliphatic carbocycles. The van der Waals surface area contributed by atoms with Crippen molar-refractivity contribution in [3.8, 4) is 0 Å². The van der Waals surface area contributed by atoms with Crippen LogP contribution in [0.25, 0.3) is 0 Å². The first-order valence-corrected chi connectivity index (χ1v) is 6.15. The molecule has 8 heteroatoms. The van der Waals surface area contributed by atoms with Crippen molar-refractivity contribution in [1.82, 2.24) is 19.7 Å². The number of aromatic nitrogens is 3. The molecule has 104 valence electrons. The van der Waals surface area contributed by atoms with Crippen LogP contribution in [-0.4, -0.2) is 37.4 Å². The van der Waals surface area contributed by atoms with E-state index in [2.05, 4.69) is 10.4 Å². The molecule has 2 heterocycles. The maximum absolute atomic E-state index is 12.0. The van der Waals surface area contributed by atoms with Gasteiger partial charge in [-0.2, -0.15) is 5.10 Å². The second-order valence-electron chi connectivity index (χ2n) is 4.58. The highest BCUT2D eigenvalue weighted by Gasteiger charge is 2.23. The van der Waals surface area contributed by atoms with Gasteiger partial charge in [0.2, 0.25) is 5.91 Å². The largest absolute Gasteiger partial charge is 0.480 e. The highest BCUT2D eigenvalue weighted by molar-refractivity contribution is 5.81. The summed E-state index contributed by atoms with van der Waals surface area (Å²) in [6.45, 7) is 1.69. The molecule has 0 saturated heterocycles. The van der Waals surface area contributed by atoms with Crippen LogP contribution in [0.15, 0.2) is 4.79 Å². The van der Waals surface area contributed by atoms with Crippen molar-refractivity contribution in [2.45, 2.75) is 45.3 Å². The van der Waals surface area contributed by atoms with Crippen LogP contribution in [0.4, 0.5) is 0 Å². The van der Waals surface area contributed by atoms with E-state index in [1.54, 1.807) is 4.57 Å². The van der Waals surface area contributed by atoms with Crippen LogP contribution >= 0.6 is 0 Å². The van der Waals surface area contributed by atoms with Crippen LogP contribution in [0.3, 0.4) is 0 Å². The third kappa shape index (κ3) is 2.83. The number of nitrogens with zero attached hydrogens (tertiary/aromatic N) is 3. The first kappa shape index (κ1) is 13.3. The molecule has 1 aliphatic rings. The molecular formula is C11H16N4O4. The van der Waals surface area contributed by atoms with E-state index in [9.17, 15) is 14.4 Å². The van der Waals surface area contributed by atoms with Crippen molar-refractivity contribution in [2.24, 2.45) is 0 Å². The zero-order valence-corrected chi connectivity index (χ0v) is 10.6. The molecule has 1 atom stereocenters. The highest BCUT2D eigenvalue weighted by atomic mass is 16.4. The first-order chi connectivity index (χ1) is 8.99. The summed E-state index contributed by atoms with van der Waals surface area (Å²) in [6, 6.07) is -1.15. The number of amides is 1. The molecule has 0 radical (unpaired) electrons.